The molecule has 0 rings (SSSR count). The number of hydrogen-bond donors (Lipinski definition) is 0. The van der Waals surface area contributed by atoms with Crippen LogP contribution in [0.3, 0.4) is 0 Å². The first-order valence-corrected chi connectivity index (χ1v) is 4.05. The van der Waals surface area contributed by atoms with Crippen LogP contribution in [0.15, 0.2) is 0 Å². The van der Waals surface area contributed by atoms with Gasteiger partial charge < -0.3 is 18.9 Å². The summed E-state index contributed by atoms with van der Waals surface area (Å²) in [6.07, 6.45) is 0. The monoisotopic (exact) mass is 206 g/mol. The van der Waals surface area contributed by atoms with Crippen LogP contribution in [0.5, 0.6) is 0 Å². The first-order valence-electron chi connectivity index (χ1n) is 4.05. The Bertz CT molecular complexity index is 159. The minimum absolute atomic E-state index is 0.00541. The minimum Gasteiger partial charge on any atom is -0.463 e. The third-order valence-electron chi connectivity index (χ3n) is 1.05. The van der Waals surface area contributed by atoms with E-state index in [1.165, 1.54) is 13.8 Å². The summed E-state index contributed by atoms with van der Waals surface area (Å²) in [5.74, 6) is -0.764. The number of carbonyl (C=O) groups is 2. The molecule has 0 aliphatic heterocycles. The Morgan fingerprint density at radius 1 is 0.857 bits per heavy atom. The van der Waals surface area contributed by atoms with E-state index in [9.17, 15) is 9.59 Å². The largest absolute Gasteiger partial charge is 0.463 e. The molecule has 0 fully saturated rings. The topological polar surface area (TPSA) is 71.1 Å². The lowest BCUT2D eigenvalue weighted by atomic mass is 10.7. The molecule has 0 N–H and O–H groups in total. The van der Waals surface area contributed by atoms with E-state index in [0.29, 0.717) is 0 Å². The van der Waals surface area contributed by atoms with Crippen molar-refractivity contribution in [3.63, 3.8) is 0 Å². The Morgan fingerprint density at radius 3 is 2.07 bits per heavy atom. The van der Waals surface area contributed by atoms with Crippen LogP contribution in [0.4, 0.5) is 0 Å². The third kappa shape index (κ3) is 10.9. The lowest BCUT2D eigenvalue weighted by Gasteiger charge is -2.05. The fourth-order valence-electron chi connectivity index (χ4n) is 0.521. The number of carbonyl (C=O) groups excluding carboxylic acids is 2. The summed E-state index contributed by atoms with van der Waals surface area (Å²) in [4.78, 5) is 20.5. The van der Waals surface area contributed by atoms with E-state index >= 15 is 0 Å². The van der Waals surface area contributed by atoms with E-state index in [1.54, 1.807) is 0 Å². The van der Waals surface area contributed by atoms with E-state index < -0.39 is 5.97 Å². The molecule has 0 unspecified atom stereocenters. The molecule has 0 aliphatic rings. The zero-order valence-corrected chi connectivity index (χ0v) is 8.28. The highest BCUT2D eigenvalue weighted by molar-refractivity contribution is 5.66. The normalized spacial score (nSPS) is 9.57. The van der Waals surface area contributed by atoms with E-state index in [1.807, 2.05) is 0 Å². The van der Waals surface area contributed by atoms with E-state index in [0.717, 1.165) is 0 Å². The quantitative estimate of drug-likeness (QED) is 0.333. The van der Waals surface area contributed by atoms with Crippen molar-refractivity contribution in [2.45, 2.75) is 13.8 Å². The van der Waals surface area contributed by atoms with Crippen LogP contribution in [0.1, 0.15) is 13.8 Å². The second kappa shape index (κ2) is 8.46. The van der Waals surface area contributed by atoms with Gasteiger partial charge >= 0.3 is 11.9 Å². The lowest BCUT2D eigenvalue weighted by molar-refractivity contribution is -0.168. The van der Waals surface area contributed by atoms with Crippen molar-refractivity contribution in [1.29, 1.82) is 0 Å². The molecule has 0 aliphatic carbocycles. The zero-order chi connectivity index (χ0) is 10.8. The van der Waals surface area contributed by atoms with Crippen molar-refractivity contribution in [2.75, 3.05) is 26.8 Å². The molecule has 0 atom stereocenters. The van der Waals surface area contributed by atoms with Gasteiger partial charge in [0.05, 0.1) is 6.61 Å². The molecule has 0 radical (unpaired) electrons. The third-order valence-corrected chi connectivity index (χ3v) is 1.05. The fraction of sp³-hybridized carbons (Fsp3) is 0.750. The molecule has 82 valence electrons. The minimum atomic E-state index is -0.412. The van der Waals surface area contributed by atoms with Gasteiger partial charge in [0.25, 0.3) is 0 Å². The Balaban J connectivity index is 2.99. The van der Waals surface area contributed by atoms with Crippen LogP contribution in [0.25, 0.3) is 0 Å². The predicted molar refractivity (Wildman–Crippen MR) is 45.2 cm³/mol. The molecule has 0 aromatic heterocycles. The first-order chi connectivity index (χ1) is 6.63. The molecule has 0 saturated heterocycles. The second-order valence-corrected chi connectivity index (χ2v) is 2.32. The van der Waals surface area contributed by atoms with E-state index in [2.05, 4.69) is 9.47 Å². The second-order valence-electron chi connectivity index (χ2n) is 2.32. The number of ether oxygens (including phenoxy) is 4. The molecule has 6 heteroatoms. The molecule has 0 aromatic rings. The molecular formula is C8H14O6. The Morgan fingerprint density at radius 2 is 1.50 bits per heavy atom. The molecular weight excluding hydrogens is 192 g/mol. The summed E-state index contributed by atoms with van der Waals surface area (Å²) >= 11 is 0. The smallest absolute Gasteiger partial charge is 0.304 e. The van der Waals surface area contributed by atoms with Crippen LogP contribution in [0.2, 0.25) is 0 Å². The summed E-state index contributed by atoms with van der Waals surface area (Å²) in [5, 5.41) is 0. The number of hydrogen-bond acceptors (Lipinski definition) is 6. The molecule has 6 nitrogen and oxygen atoms in total. The molecule has 0 spiro atoms. The van der Waals surface area contributed by atoms with Gasteiger partial charge in [-0.05, 0) is 0 Å². The van der Waals surface area contributed by atoms with Crippen LogP contribution in [-0.4, -0.2) is 38.7 Å². The van der Waals surface area contributed by atoms with Gasteiger partial charge in [0.15, 0.2) is 13.6 Å². The van der Waals surface area contributed by atoms with Gasteiger partial charge in [-0.3, -0.25) is 9.59 Å². The highest BCUT2D eigenvalue weighted by atomic mass is 16.7. The van der Waals surface area contributed by atoms with Crippen molar-refractivity contribution in [1.82, 2.24) is 0 Å². The fourth-order valence-corrected chi connectivity index (χ4v) is 0.521. The molecule has 0 amide bonds. The van der Waals surface area contributed by atoms with Gasteiger partial charge in [0.1, 0.15) is 6.61 Å². The Labute approximate surface area is 82.1 Å². The summed E-state index contributed by atoms with van der Waals surface area (Å²) in [6, 6.07) is 0. The van der Waals surface area contributed by atoms with Gasteiger partial charge in [-0.15, -0.1) is 0 Å². The van der Waals surface area contributed by atoms with Crippen molar-refractivity contribution in [3.05, 3.63) is 0 Å². The molecule has 14 heavy (non-hydrogen) atoms. The van der Waals surface area contributed by atoms with Crippen molar-refractivity contribution < 1.29 is 28.5 Å². The average Bonchev–Trinajstić information content (AvgIpc) is 2.08. The summed E-state index contributed by atoms with van der Waals surface area (Å²) in [7, 11) is 0. The van der Waals surface area contributed by atoms with Gasteiger partial charge in [0, 0.05) is 13.8 Å². The van der Waals surface area contributed by atoms with E-state index in [4.69, 9.17) is 9.47 Å². The summed E-state index contributed by atoms with van der Waals surface area (Å²) in [6.45, 7) is 2.89. The number of esters is 2. The van der Waals surface area contributed by atoms with Crippen molar-refractivity contribution in [2.24, 2.45) is 0 Å². The first kappa shape index (κ1) is 12.9. The maximum absolute atomic E-state index is 10.3. The molecule has 0 bridgehead atoms. The summed E-state index contributed by atoms with van der Waals surface area (Å²) in [5.41, 5.74) is 0. The lowest BCUT2D eigenvalue weighted by Crippen LogP contribution is -2.11. The SMILES string of the molecule is CC(=O)OCCOCOCOC(C)=O. The highest BCUT2D eigenvalue weighted by Crippen LogP contribution is 1.83. The van der Waals surface area contributed by atoms with Crippen LogP contribution in [0, 0.1) is 0 Å². The van der Waals surface area contributed by atoms with Crippen LogP contribution >= 0.6 is 0 Å². The Hall–Kier alpha value is -1.14. The van der Waals surface area contributed by atoms with Gasteiger partial charge in [-0.1, -0.05) is 0 Å². The van der Waals surface area contributed by atoms with Crippen LogP contribution in [-0.2, 0) is 28.5 Å². The standard InChI is InChI=1S/C8H14O6/c1-7(9)13-4-3-11-5-12-6-14-8(2)10/h3-6H2,1-2H3. The summed E-state index contributed by atoms with van der Waals surface area (Å²) < 4.78 is 18.7. The average molecular weight is 206 g/mol. The zero-order valence-electron chi connectivity index (χ0n) is 8.28. The molecule has 0 aromatic carbocycles. The maximum atomic E-state index is 10.3. The predicted octanol–water partition coefficient (Wildman–Crippen LogP) is 0.0608. The van der Waals surface area contributed by atoms with Crippen molar-refractivity contribution in [3.8, 4) is 0 Å². The van der Waals surface area contributed by atoms with Gasteiger partial charge in [-0.25, -0.2) is 0 Å². The number of rotatable bonds is 7. The highest BCUT2D eigenvalue weighted by Gasteiger charge is 1.94. The van der Waals surface area contributed by atoms with Gasteiger partial charge in [-0.2, -0.15) is 0 Å². The molecule has 0 saturated carbocycles. The maximum Gasteiger partial charge on any atom is 0.304 e. The van der Waals surface area contributed by atoms with E-state index in [-0.39, 0.29) is 32.8 Å². The Kier molecular flexibility index (Phi) is 7.77. The van der Waals surface area contributed by atoms with Crippen LogP contribution < -0.4 is 0 Å². The van der Waals surface area contributed by atoms with Crippen molar-refractivity contribution >= 4 is 11.9 Å². The molecule has 0 heterocycles. The van der Waals surface area contributed by atoms with Gasteiger partial charge in [0.2, 0.25) is 0 Å².